The van der Waals surface area contributed by atoms with E-state index in [2.05, 4.69) is 9.88 Å². The molecule has 0 bridgehead atoms. The van der Waals surface area contributed by atoms with Gasteiger partial charge < -0.3 is 9.32 Å². The van der Waals surface area contributed by atoms with Gasteiger partial charge in [-0.05, 0) is 24.6 Å². The van der Waals surface area contributed by atoms with Crippen LogP contribution in [0.3, 0.4) is 0 Å². The molecular formula is C21H24N2O4S. The lowest BCUT2D eigenvalue weighted by molar-refractivity contribution is -0.107. The molecule has 148 valence electrons. The summed E-state index contributed by atoms with van der Waals surface area (Å²) in [6, 6.07) is 16.5. The molecule has 2 aromatic carbocycles. The molecule has 0 unspecified atom stereocenters. The molecule has 0 aliphatic carbocycles. The highest BCUT2D eigenvalue weighted by Crippen LogP contribution is 2.34. The van der Waals surface area contributed by atoms with Gasteiger partial charge >= 0.3 is 0 Å². The fourth-order valence-corrected chi connectivity index (χ4v) is 3.62. The first-order valence-corrected chi connectivity index (χ1v) is 10.5. The number of hydrogen-bond acceptors (Lipinski definition) is 5. The van der Waals surface area contributed by atoms with Gasteiger partial charge in [-0.15, -0.1) is 0 Å². The van der Waals surface area contributed by atoms with Crippen molar-refractivity contribution in [3.05, 3.63) is 60.4 Å². The van der Waals surface area contributed by atoms with Crippen molar-refractivity contribution >= 4 is 16.3 Å². The number of sulfonamides is 1. The zero-order valence-electron chi connectivity index (χ0n) is 16.2. The summed E-state index contributed by atoms with van der Waals surface area (Å²) in [5.74, 6) is 0.691. The van der Waals surface area contributed by atoms with Crippen LogP contribution in [0.25, 0.3) is 22.4 Å². The summed E-state index contributed by atoms with van der Waals surface area (Å²) in [5, 5.41) is 4.16. The van der Waals surface area contributed by atoms with Crippen molar-refractivity contribution in [3.63, 3.8) is 0 Å². The zero-order valence-corrected chi connectivity index (χ0v) is 17.0. The maximum absolute atomic E-state index is 12.0. The van der Waals surface area contributed by atoms with Crippen LogP contribution in [-0.2, 0) is 14.8 Å². The van der Waals surface area contributed by atoms with Crippen molar-refractivity contribution in [2.24, 2.45) is 0 Å². The fraction of sp³-hybridized carbons (Fsp3) is 0.238. The van der Waals surface area contributed by atoms with Gasteiger partial charge in [-0.2, -0.15) is 0 Å². The first-order valence-electron chi connectivity index (χ1n) is 9.00. The molecule has 0 spiro atoms. The van der Waals surface area contributed by atoms with E-state index < -0.39 is 10.0 Å². The number of carbonyl (C=O) groups is 1. The SMILES string of the molecule is CCC=O.CCNS(=O)(=O)c1ccc(-c2c(-c3ccccc3)noc2C)cc1. The molecule has 28 heavy (non-hydrogen) atoms. The normalized spacial score (nSPS) is 10.8. The van der Waals surface area contributed by atoms with Gasteiger partial charge in [-0.3, -0.25) is 0 Å². The third kappa shape index (κ3) is 5.15. The van der Waals surface area contributed by atoms with Crippen LogP contribution in [0.4, 0.5) is 0 Å². The molecule has 6 nitrogen and oxygen atoms in total. The van der Waals surface area contributed by atoms with Gasteiger partial charge in [-0.25, -0.2) is 13.1 Å². The summed E-state index contributed by atoms with van der Waals surface area (Å²) in [4.78, 5) is 9.41. The molecule has 0 saturated carbocycles. The molecule has 0 aliphatic rings. The molecule has 3 rings (SSSR count). The zero-order chi connectivity index (χ0) is 20.6. The monoisotopic (exact) mass is 400 g/mol. The fourth-order valence-electron chi connectivity index (χ4n) is 2.58. The van der Waals surface area contributed by atoms with Crippen LogP contribution in [-0.4, -0.2) is 26.4 Å². The Hall–Kier alpha value is -2.77. The highest BCUT2D eigenvalue weighted by molar-refractivity contribution is 7.89. The van der Waals surface area contributed by atoms with Gasteiger partial charge in [0.25, 0.3) is 0 Å². The first kappa shape index (κ1) is 21.5. The first-order chi connectivity index (χ1) is 13.4. The lowest BCUT2D eigenvalue weighted by Crippen LogP contribution is -2.22. The molecule has 0 fully saturated rings. The number of rotatable bonds is 6. The molecule has 0 radical (unpaired) electrons. The molecule has 0 saturated heterocycles. The van der Waals surface area contributed by atoms with Crippen molar-refractivity contribution in [1.82, 2.24) is 9.88 Å². The van der Waals surface area contributed by atoms with Gasteiger partial charge in [0, 0.05) is 18.5 Å². The van der Waals surface area contributed by atoms with Gasteiger partial charge in [0.15, 0.2) is 0 Å². The summed E-state index contributed by atoms with van der Waals surface area (Å²) in [5.41, 5.74) is 3.43. The Kier molecular flexibility index (Phi) is 7.66. The summed E-state index contributed by atoms with van der Waals surface area (Å²) < 4.78 is 31.9. The minimum Gasteiger partial charge on any atom is -0.360 e. The molecule has 0 aliphatic heterocycles. The predicted octanol–water partition coefficient (Wildman–Crippen LogP) is 4.21. The maximum atomic E-state index is 12.0. The summed E-state index contributed by atoms with van der Waals surface area (Å²) in [7, 11) is -3.46. The van der Waals surface area contributed by atoms with Crippen LogP contribution in [0, 0.1) is 6.92 Å². The molecule has 3 aromatic rings. The number of aldehydes is 1. The lowest BCUT2D eigenvalue weighted by Gasteiger charge is -2.07. The Morgan fingerprint density at radius 1 is 1.00 bits per heavy atom. The van der Waals surface area contributed by atoms with Crippen LogP contribution in [0.1, 0.15) is 26.0 Å². The number of benzene rings is 2. The Balaban J connectivity index is 0.000000640. The van der Waals surface area contributed by atoms with E-state index in [0.717, 1.165) is 28.7 Å². The standard InChI is InChI=1S/C18H18N2O3S.C3H6O/c1-3-19-24(21,22)16-11-9-14(10-12-16)17-13(2)23-20-18(17)15-7-5-4-6-8-15;1-2-3-4/h4-12,19H,3H2,1-2H3;3H,2H2,1H3. The molecule has 7 heteroatoms. The second kappa shape index (κ2) is 9.96. The Bertz CT molecular complexity index is 995. The van der Waals surface area contributed by atoms with E-state index in [4.69, 9.17) is 4.52 Å². The molecular weight excluding hydrogens is 376 g/mol. The van der Waals surface area contributed by atoms with Crippen LogP contribution in [0.2, 0.25) is 0 Å². The molecule has 1 N–H and O–H groups in total. The topological polar surface area (TPSA) is 89.3 Å². The smallest absolute Gasteiger partial charge is 0.240 e. The highest BCUT2D eigenvalue weighted by atomic mass is 32.2. The number of nitrogens with zero attached hydrogens (tertiary/aromatic N) is 1. The second-order valence-electron chi connectivity index (χ2n) is 5.93. The van der Waals surface area contributed by atoms with E-state index in [-0.39, 0.29) is 4.90 Å². The molecule has 1 aromatic heterocycles. The van der Waals surface area contributed by atoms with Gasteiger partial charge in [-0.1, -0.05) is 61.5 Å². The van der Waals surface area contributed by atoms with Crippen molar-refractivity contribution in [2.45, 2.75) is 32.1 Å². The molecule has 0 atom stereocenters. The van der Waals surface area contributed by atoms with E-state index >= 15 is 0 Å². The average molecular weight is 401 g/mol. The number of aromatic nitrogens is 1. The number of carbonyl (C=O) groups excluding carboxylic acids is 1. The Labute approximate surface area is 165 Å². The van der Waals surface area contributed by atoms with Crippen molar-refractivity contribution in [2.75, 3.05) is 6.54 Å². The Morgan fingerprint density at radius 3 is 2.14 bits per heavy atom. The molecule has 1 heterocycles. The minimum absolute atomic E-state index is 0.239. The van der Waals surface area contributed by atoms with Crippen LogP contribution in [0.5, 0.6) is 0 Å². The number of hydrogen-bond donors (Lipinski definition) is 1. The summed E-state index contributed by atoms with van der Waals surface area (Å²) in [6.07, 6.45) is 1.51. The van der Waals surface area contributed by atoms with E-state index in [9.17, 15) is 13.2 Å². The highest BCUT2D eigenvalue weighted by Gasteiger charge is 2.18. The predicted molar refractivity (Wildman–Crippen MR) is 109 cm³/mol. The summed E-state index contributed by atoms with van der Waals surface area (Å²) in [6.45, 7) is 5.76. The Morgan fingerprint density at radius 2 is 1.61 bits per heavy atom. The lowest BCUT2D eigenvalue weighted by atomic mass is 10.00. The third-order valence-electron chi connectivity index (χ3n) is 3.86. The van der Waals surface area contributed by atoms with E-state index in [1.54, 1.807) is 31.2 Å². The number of aryl methyl sites for hydroxylation is 1. The van der Waals surface area contributed by atoms with Crippen molar-refractivity contribution < 1.29 is 17.7 Å². The van der Waals surface area contributed by atoms with Crippen molar-refractivity contribution in [3.8, 4) is 22.4 Å². The number of nitrogens with one attached hydrogen (secondary N) is 1. The largest absolute Gasteiger partial charge is 0.360 e. The van der Waals surface area contributed by atoms with Crippen LogP contribution in [0.15, 0.2) is 64.0 Å². The third-order valence-corrected chi connectivity index (χ3v) is 5.43. The molecule has 0 amide bonds. The summed E-state index contributed by atoms with van der Waals surface area (Å²) >= 11 is 0. The minimum atomic E-state index is -3.46. The second-order valence-corrected chi connectivity index (χ2v) is 7.70. The van der Waals surface area contributed by atoms with Gasteiger partial charge in [0.2, 0.25) is 10.0 Å². The van der Waals surface area contributed by atoms with Gasteiger partial charge in [0.05, 0.1) is 10.5 Å². The maximum Gasteiger partial charge on any atom is 0.240 e. The van der Waals surface area contributed by atoms with Gasteiger partial charge in [0.1, 0.15) is 17.7 Å². The van der Waals surface area contributed by atoms with Crippen LogP contribution >= 0.6 is 0 Å². The average Bonchev–Trinajstić information content (AvgIpc) is 3.10. The van der Waals surface area contributed by atoms with E-state index in [0.29, 0.717) is 18.7 Å². The van der Waals surface area contributed by atoms with Crippen molar-refractivity contribution in [1.29, 1.82) is 0 Å². The van der Waals surface area contributed by atoms with E-state index in [1.165, 1.54) is 0 Å². The van der Waals surface area contributed by atoms with Crippen LogP contribution < -0.4 is 4.72 Å². The quantitative estimate of drug-likeness (QED) is 0.626. The van der Waals surface area contributed by atoms with E-state index in [1.807, 2.05) is 44.2 Å².